The highest BCUT2D eigenvalue weighted by Crippen LogP contribution is 2.39. The summed E-state index contributed by atoms with van der Waals surface area (Å²) < 4.78 is 30.2. The molecule has 6 rings (SSSR count). The molecule has 2 aliphatic heterocycles. The fraction of sp³-hybridized carbons (Fsp3) is 0.333. The minimum atomic E-state index is -0.522. The summed E-state index contributed by atoms with van der Waals surface area (Å²) in [6.45, 7) is 6.95. The van der Waals surface area contributed by atoms with Gasteiger partial charge in [0.1, 0.15) is 23.4 Å². The van der Waals surface area contributed by atoms with Crippen LogP contribution in [0.25, 0.3) is 10.9 Å². The first-order valence-corrected chi connectivity index (χ1v) is 14.6. The molecule has 43 heavy (non-hydrogen) atoms. The van der Waals surface area contributed by atoms with Crippen LogP contribution in [0.2, 0.25) is 0 Å². The molecule has 4 aromatic rings. The van der Waals surface area contributed by atoms with Crippen LogP contribution in [0, 0.1) is 12.7 Å². The fourth-order valence-electron chi connectivity index (χ4n) is 5.73. The van der Waals surface area contributed by atoms with Crippen LogP contribution in [0.5, 0.6) is 11.5 Å². The molecule has 1 unspecified atom stereocenters. The summed E-state index contributed by atoms with van der Waals surface area (Å²) >= 11 is 0. The molecule has 2 N–H and O–H groups in total. The molecular formula is C33H35FN4O5. The quantitative estimate of drug-likeness (QED) is 0.314. The first-order chi connectivity index (χ1) is 20.9. The van der Waals surface area contributed by atoms with Crippen LogP contribution in [0.1, 0.15) is 28.4 Å². The fourth-order valence-corrected chi connectivity index (χ4v) is 5.73. The van der Waals surface area contributed by atoms with Gasteiger partial charge in [-0.25, -0.2) is 9.18 Å². The van der Waals surface area contributed by atoms with Crippen LogP contribution in [-0.2, 0) is 16.0 Å². The number of aryl methyl sites for hydroxylation is 1. The zero-order valence-corrected chi connectivity index (χ0v) is 24.1. The van der Waals surface area contributed by atoms with E-state index in [9.17, 15) is 14.0 Å². The summed E-state index contributed by atoms with van der Waals surface area (Å²) in [4.78, 5) is 33.3. The number of nitrogens with zero attached hydrogens (tertiary/aromatic N) is 2. The van der Waals surface area contributed by atoms with E-state index in [0.29, 0.717) is 25.3 Å². The largest absolute Gasteiger partial charge is 0.484 e. The molecule has 1 fully saturated rings. The molecule has 1 saturated heterocycles. The van der Waals surface area contributed by atoms with Crippen LogP contribution in [-0.4, -0.2) is 79.3 Å². The van der Waals surface area contributed by atoms with E-state index in [0.717, 1.165) is 60.6 Å². The number of carbonyl (C=O) groups excluding carboxylic acids is 2. The van der Waals surface area contributed by atoms with E-state index in [4.69, 9.17) is 14.2 Å². The normalized spacial score (nSPS) is 17.0. The van der Waals surface area contributed by atoms with Crippen molar-refractivity contribution >= 4 is 22.9 Å². The average Bonchev–Trinajstić information content (AvgIpc) is 3.39. The van der Waals surface area contributed by atoms with Gasteiger partial charge >= 0.3 is 6.09 Å². The van der Waals surface area contributed by atoms with Crippen molar-refractivity contribution in [3.63, 3.8) is 0 Å². The average molecular weight is 587 g/mol. The van der Waals surface area contributed by atoms with Crippen LogP contribution >= 0.6 is 0 Å². The van der Waals surface area contributed by atoms with Crippen LogP contribution in [0.15, 0.2) is 66.7 Å². The number of amides is 2. The molecule has 0 radical (unpaired) electrons. The zero-order valence-electron chi connectivity index (χ0n) is 24.1. The lowest BCUT2D eigenvalue weighted by Crippen LogP contribution is -2.42. The van der Waals surface area contributed by atoms with E-state index in [2.05, 4.69) is 40.3 Å². The number of hydrogen-bond donors (Lipinski definition) is 2. The lowest BCUT2D eigenvalue weighted by molar-refractivity contribution is -0.123. The number of hydrogen-bond acceptors (Lipinski definition) is 6. The molecule has 224 valence electrons. The van der Waals surface area contributed by atoms with E-state index in [1.165, 1.54) is 29.8 Å². The van der Waals surface area contributed by atoms with Crippen molar-refractivity contribution in [1.29, 1.82) is 0 Å². The molecule has 10 heteroatoms. The first kappa shape index (κ1) is 28.7. The van der Waals surface area contributed by atoms with E-state index < -0.39 is 18.0 Å². The summed E-state index contributed by atoms with van der Waals surface area (Å²) in [5.41, 5.74) is 5.13. The number of H-pyrrole nitrogens is 1. The second-order valence-electron chi connectivity index (χ2n) is 10.9. The Hall–Kier alpha value is -4.41. The third-order valence-electron chi connectivity index (χ3n) is 7.96. The van der Waals surface area contributed by atoms with Gasteiger partial charge in [-0.3, -0.25) is 14.6 Å². The maximum atomic E-state index is 13.5. The molecule has 0 aliphatic carbocycles. The number of ether oxygens (including phenoxy) is 3. The minimum absolute atomic E-state index is 0.0898. The van der Waals surface area contributed by atoms with Gasteiger partial charge in [0.15, 0.2) is 6.61 Å². The summed E-state index contributed by atoms with van der Waals surface area (Å²) in [5.74, 6) is 0.241. The van der Waals surface area contributed by atoms with E-state index in [-0.39, 0.29) is 18.3 Å². The van der Waals surface area contributed by atoms with Gasteiger partial charge in [0.2, 0.25) is 0 Å². The third-order valence-corrected chi connectivity index (χ3v) is 7.96. The van der Waals surface area contributed by atoms with Gasteiger partial charge < -0.3 is 24.5 Å². The molecular weight excluding hydrogens is 551 g/mol. The first-order valence-electron chi connectivity index (χ1n) is 14.6. The zero-order chi connectivity index (χ0) is 29.8. The number of benzene rings is 3. The Morgan fingerprint density at radius 3 is 2.51 bits per heavy atom. The summed E-state index contributed by atoms with van der Waals surface area (Å²) in [6, 6.07) is 18.7. The van der Waals surface area contributed by atoms with Gasteiger partial charge in [0, 0.05) is 49.3 Å². The molecule has 0 saturated carbocycles. The SMILES string of the molecule is Cc1ccc2[nH]c3c(c2c1)CCN(C(=O)Oc1ccc(F)cc1)C3c1ccc(OCC(=O)NCCN2CCOCC2)cc1. The second kappa shape index (κ2) is 12.8. The molecule has 1 atom stereocenters. The molecule has 9 nitrogen and oxygen atoms in total. The lowest BCUT2D eigenvalue weighted by atomic mass is 9.92. The standard InChI is InChI=1S/C33H35FN4O5/c1-22-2-11-29-28(20-22)27-12-14-38(33(40)43-26-9-5-24(34)6-10-26)32(31(27)36-29)23-3-7-25(8-4-23)42-21-30(39)35-13-15-37-16-18-41-19-17-37/h2-11,20,32,36H,12-19,21H2,1H3,(H,35,39). The molecule has 3 heterocycles. The van der Waals surface area contributed by atoms with Crippen LogP contribution in [0.4, 0.5) is 9.18 Å². The van der Waals surface area contributed by atoms with E-state index >= 15 is 0 Å². The highest BCUT2D eigenvalue weighted by Gasteiger charge is 2.35. The Morgan fingerprint density at radius 1 is 1.00 bits per heavy atom. The number of carbonyl (C=O) groups is 2. The molecule has 2 amide bonds. The summed E-state index contributed by atoms with van der Waals surface area (Å²) in [5, 5.41) is 4.05. The van der Waals surface area contributed by atoms with Gasteiger partial charge in [-0.15, -0.1) is 0 Å². The number of aromatic nitrogens is 1. The maximum Gasteiger partial charge on any atom is 0.416 e. The van der Waals surface area contributed by atoms with Crippen LogP contribution in [0.3, 0.4) is 0 Å². The predicted molar refractivity (Wildman–Crippen MR) is 160 cm³/mol. The van der Waals surface area contributed by atoms with Gasteiger partial charge in [0.25, 0.3) is 5.91 Å². The third kappa shape index (κ3) is 6.65. The number of nitrogens with one attached hydrogen (secondary N) is 2. The molecule has 1 aromatic heterocycles. The minimum Gasteiger partial charge on any atom is -0.484 e. The van der Waals surface area contributed by atoms with E-state index in [1.807, 2.05) is 12.1 Å². The van der Waals surface area contributed by atoms with E-state index in [1.54, 1.807) is 17.0 Å². The highest BCUT2D eigenvalue weighted by atomic mass is 19.1. The van der Waals surface area contributed by atoms with Crippen molar-refractivity contribution < 1.29 is 28.2 Å². The second-order valence-corrected chi connectivity index (χ2v) is 10.9. The Balaban J connectivity index is 1.17. The highest BCUT2D eigenvalue weighted by molar-refractivity contribution is 5.87. The van der Waals surface area contributed by atoms with Gasteiger partial charge in [0.05, 0.1) is 13.2 Å². The maximum absolute atomic E-state index is 13.5. The molecule has 0 bridgehead atoms. The lowest BCUT2D eigenvalue weighted by Gasteiger charge is -2.35. The van der Waals surface area contributed by atoms with Crippen molar-refractivity contribution in [1.82, 2.24) is 20.1 Å². The van der Waals surface area contributed by atoms with Crippen molar-refractivity contribution in [3.8, 4) is 11.5 Å². The Labute approximate surface area is 249 Å². The topological polar surface area (TPSA) is 96.1 Å². The summed E-state index contributed by atoms with van der Waals surface area (Å²) in [6.07, 6.45) is 0.140. The number of aromatic amines is 1. The van der Waals surface area contributed by atoms with Crippen molar-refractivity contribution in [2.24, 2.45) is 0 Å². The van der Waals surface area contributed by atoms with Crippen molar-refractivity contribution in [3.05, 3.63) is 94.9 Å². The van der Waals surface area contributed by atoms with Crippen molar-refractivity contribution in [2.45, 2.75) is 19.4 Å². The monoisotopic (exact) mass is 586 g/mol. The van der Waals surface area contributed by atoms with Crippen LogP contribution < -0.4 is 14.8 Å². The smallest absolute Gasteiger partial charge is 0.416 e. The Bertz CT molecular complexity index is 1580. The number of halogens is 1. The predicted octanol–water partition coefficient (Wildman–Crippen LogP) is 4.59. The molecule has 2 aliphatic rings. The summed E-state index contributed by atoms with van der Waals surface area (Å²) in [7, 11) is 0. The molecule has 3 aromatic carbocycles. The molecule has 0 spiro atoms. The Kier molecular flexibility index (Phi) is 8.57. The Morgan fingerprint density at radius 2 is 1.74 bits per heavy atom. The number of rotatable bonds is 8. The van der Waals surface area contributed by atoms with Gasteiger partial charge in [-0.05, 0) is 73.0 Å². The van der Waals surface area contributed by atoms with Gasteiger partial charge in [-0.1, -0.05) is 23.8 Å². The number of fused-ring (bicyclic) bond motifs is 3. The van der Waals surface area contributed by atoms with Gasteiger partial charge in [-0.2, -0.15) is 0 Å². The van der Waals surface area contributed by atoms with Crippen molar-refractivity contribution in [2.75, 3.05) is 52.5 Å². The number of morpholine rings is 1.